The Hall–Kier alpha value is -0.120. The maximum Gasteiger partial charge on any atom is 0.0636 e. The molecule has 0 radical (unpaired) electrons. The van der Waals surface area contributed by atoms with Gasteiger partial charge in [-0.15, -0.1) is 0 Å². The Morgan fingerprint density at radius 3 is 2.81 bits per heavy atom. The van der Waals surface area contributed by atoms with Crippen LogP contribution in [0.3, 0.4) is 0 Å². The second kappa shape index (κ2) is 7.25. The second-order valence-corrected chi connectivity index (χ2v) is 5.05. The lowest BCUT2D eigenvalue weighted by Gasteiger charge is -2.39. The van der Waals surface area contributed by atoms with Crippen molar-refractivity contribution in [3.8, 4) is 0 Å². The van der Waals surface area contributed by atoms with Gasteiger partial charge in [-0.25, -0.2) is 0 Å². The van der Waals surface area contributed by atoms with Gasteiger partial charge in [0.15, 0.2) is 0 Å². The summed E-state index contributed by atoms with van der Waals surface area (Å²) in [7, 11) is 2.23. The van der Waals surface area contributed by atoms with Crippen molar-refractivity contribution in [2.75, 3.05) is 33.4 Å². The predicted octanol–water partition coefficient (Wildman–Crippen LogP) is 1.73. The van der Waals surface area contributed by atoms with Crippen molar-refractivity contribution in [3.05, 3.63) is 0 Å². The summed E-state index contributed by atoms with van der Waals surface area (Å²) in [6.07, 6.45) is 2.40. The molecule has 1 aliphatic heterocycles. The molecule has 3 nitrogen and oxygen atoms in total. The highest BCUT2D eigenvalue weighted by Gasteiger charge is 2.28. The zero-order valence-corrected chi connectivity index (χ0v) is 11.3. The van der Waals surface area contributed by atoms with E-state index in [0.29, 0.717) is 12.1 Å². The molecular weight excluding hydrogens is 200 g/mol. The highest BCUT2D eigenvalue weighted by atomic mass is 16.5. The topological polar surface area (TPSA) is 24.5 Å². The molecule has 1 heterocycles. The van der Waals surface area contributed by atoms with Crippen LogP contribution in [0.2, 0.25) is 0 Å². The second-order valence-electron chi connectivity index (χ2n) is 5.05. The van der Waals surface area contributed by atoms with E-state index in [9.17, 15) is 0 Å². The Kier molecular flexibility index (Phi) is 6.32. The number of likely N-dealkylation sites (N-methyl/N-ethyl adjacent to an activating group) is 2. The van der Waals surface area contributed by atoms with Gasteiger partial charge in [0.2, 0.25) is 0 Å². The largest absolute Gasteiger partial charge is 0.380 e. The minimum atomic E-state index is 0.544. The average molecular weight is 228 g/mol. The zero-order chi connectivity index (χ0) is 12.0. The molecule has 0 aromatic rings. The molecule has 3 heteroatoms. The summed E-state index contributed by atoms with van der Waals surface area (Å²) in [5, 5.41) is 3.59. The van der Waals surface area contributed by atoms with E-state index in [2.05, 4.69) is 38.0 Å². The third-order valence-corrected chi connectivity index (χ3v) is 3.66. The van der Waals surface area contributed by atoms with Crippen LogP contribution in [0.1, 0.15) is 33.6 Å². The van der Waals surface area contributed by atoms with Crippen LogP contribution in [-0.4, -0.2) is 50.3 Å². The Labute approximate surface area is 101 Å². The number of hydrogen-bond acceptors (Lipinski definition) is 3. The van der Waals surface area contributed by atoms with Crippen molar-refractivity contribution in [2.45, 2.75) is 45.7 Å². The summed E-state index contributed by atoms with van der Waals surface area (Å²) >= 11 is 0. The lowest BCUT2D eigenvalue weighted by atomic mass is 10.00. The molecule has 1 N–H and O–H groups in total. The van der Waals surface area contributed by atoms with Gasteiger partial charge in [-0.05, 0) is 25.9 Å². The van der Waals surface area contributed by atoms with Crippen LogP contribution in [0, 0.1) is 5.92 Å². The molecule has 0 bridgehead atoms. The SMILES string of the molecule is CCNC1CCOCC1N(C)CC(C)CC. The van der Waals surface area contributed by atoms with Crippen LogP contribution in [0.25, 0.3) is 0 Å². The Bertz CT molecular complexity index is 185. The molecule has 1 fully saturated rings. The molecule has 96 valence electrons. The quantitative estimate of drug-likeness (QED) is 0.749. The van der Waals surface area contributed by atoms with Crippen LogP contribution >= 0.6 is 0 Å². The monoisotopic (exact) mass is 228 g/mol. The maximum atomic E-state index is 5.61. The van der Waals surface area contributed by atoms with E-state index in [1.54, 1.807) is 0 Å². The molecule has 1 saturated heterocycles. The normalized spacial score (nSPS) is 28.3. The van der Waals surface area contributed by atoms with Crippen molar-refractivity contribution >= 4 is 0 Å². The number of ether oxygens (including phenoxy) is 1. The summed E-state index contributed by atoms with van der Waals surface area (Å²) < 4.78 is 5.61. The van der Waals surface area contributed by atoms with Gasteiger partial charge in [-0.2, -0.15) is 0 Å². The minimum absolute atomic E-state index is 0.544. The van der Waals surface area contributed by atoms with Gasteiger partial charge in [0.1, 0.15) is 0 Å². The Morgan fingerprint density at radius 2 is 2.19 bits per heavy atom. The van der Waals surface area contributed by atoms with Crippen molar-refractivity contribution in [1.82, 2.24) is 10.2 Å². The molecule has 0 amide bonds. The first-order valence-electron chi connectivity index (χ1n) is 6.70. The van der Waals surface area contributed by atoms with Crippen LogP contribution in [-0.2, 0) is 4.74 Å². The van der Waals surface area contributed by atoms with Gasteiger partial charge in [-0.3, -0.25) is 4.90 Å². The summed E-state index contributed by atoms with van der Waals surface area (Å²) in [5.41, 5.74) is 0. The van der Waals surface area contributed by atoms with Crippen molar-refractivity contribution in [1.29, 1.82) is 0 Å². The molecule has 3 atom stereocenters. The third-order valence-electron chi connectivity index (χ3n) is 3.66. The fourth-order valence-corrected chi connectivity index (χ4v) is 2.41. The number of hydrogen-bond donors (Lipinski definition) is 1. The van der Waals surface area contributed by atoms with E-state index >= 15 is 0 Å². The van der Waals surface area contributed by atoms with Crippen LogP contribution < -0.4 is 5.32 Å². The highest BCUT2D eigenvalue weighted by Crippen LogP contribution is 2.15. The molecule has 0 aromatic heterocycles. The molecule has 0 aromatic carbocycles. The van der Waals surface area contributed by atoms with E-state index in [0.717, 1.165) is 32.1 Å². The lowest BCUT2D eigenvalue weighted by Crippen LogP contribution is -2.54. The fourth-order valence-electron chi connectivity index (χ4n) is 2.41. The Balaban J connectivity index is 2.46. The van der Waals surface area contributed by atoms with E-state index in [-0.39, 0.29) is 0 Å². The third kappa shape index (κ3) is 4.04. The molecular formula is C13H28N2O. The van der Waals surface area contributed by atoms with Gasteiger partial charge in [-0.1, -0.05) is 27.2 Å². The smallest absolute Gasteiger partial charge is 0.0636 e. The van der Waals surface area contributed by atoms with Crippen molar-refractivity contribution < 1.29 is 4.74 Å². The van der Waals surface area contributed by atoms with Crippen LogP contribution in [0.4, 0.5) is 0 Å². The van der Waals surface area contributed by atoms with Crippen molar-refractivity contribution in [3.63, 3.8) is 0 Å². The van der Waals surface area contributed by atoms with Gasteiger partial charge < -0.3 is 10.1 Å². The van der Waals surface area contributed by atoms with Crippen molar-refractivity contribution in [2.24, 2.45) is 5.92 Å². The first-order chi connectivity index (χ1) is 7.69. The molecule has 16 heavy (non-hydrogen) atoms. The molecule has 0 saturated carbocycles. The molecule has 0 spiro atoms. The lowest BCUT2D eigenvalue weighted by molar-refractivity contribution is 0.00243. The summed E-state index contributed by atoms with van der Waals surface area (Å²) in [6.45, 7) is 10.8. The molecule has 1 aliphatic rings. The molecule has 0 aliphatic carbocycles. The van der Waals surface area contributed by atoms with E-state index in [4.69, 9.17) is 4.74 Å². The van der Waals surface area contributed by atoms with Gasteiger partial charge in [0.05, 0.1) is 6.61 Å². The Morgan fingerprint density at radius 1 is 1.44 bits per heavy atom. The fraction of sp³-hybridized carbons (Fsp3) is 1.00. The summed E-state index contributed by atoms with van der Waals surface area (Å²) in [4.78, 5) is 2.47. The van der Waals surface area contributed by atoms with Crippen LogP contribution in [0.15, 0.2) is 0 Å². The molecule has 1 rings (SSSR count). The minimum Gasteiger partial charge on any atom is -0.380 e. The highest BCUT2D eigenvalue weighted by molar-refractivity contribution is 4.86. The van der Waals surface area contributed by atoms with Gasteiger partial charge in [0.25, 0.3) is 0 Å². The van der Waals surface area contributed by atoms with E-state index < -0.39 is 0 Å². The molecule has 3 unspecified atom stereocenters. The number of nitrogens with one attached hydrogen (secondary N) is 1. The average Bonchev–Trinajstić information content (AvgIpc) is 2.30. The summed E-state index contributed by atoms with van der Waals surface area (Å²) in [5.74, 6) is 0.772. The maximum absolute atomic E-state index is 5.61. The van der Waals surface area contributed by atoms with E-state index in [1.807, 2.05) is 0 Å². The first-order valence-corrected chi connectivity index (χ1v) is 6.70. The van der Waals surface area contributed by atoms with E-state index in [1.165, 1.54) is 13.0 Å². The van der Waals surface area contributed by atoms with Crippen LogP contribution in [0.5, 0.6) is 0 Å². The zero-order valence-electron chi connectivity index (χ0n) is 11.3. The summed E-state index contributed by atoms with van der Waals surface area (Å²) in [6, 6.07) is 1.15. The standard InChI is InChI=1S/C13H28N2O/c1-5-11(3)9-15(4)13-10-16-8-7-12(13)14-6-2/h11-14H,5-10H2,1-4H3. The number of rotatable bonds is 6. The first kappa shape index (κ1) is 13.9. The van der Waals surface area contributed by atoms with Gasteiger partial charge >= 0.3 is 0 Å². The van der Waals surface area contributed by atoms with Gasteiger partial charge in [0, 0.05) is 25.2 Å². The predicted molar refractivity (Wildman–Crippen MR) is 68.8 cm³/mol. The number of nitrogens with zero attached hydrogens (tertiary/aromatic N) is 1.